The molecular formula is C26H25FN8O2S. The lowest BCUT2D eigenvalue weighted by Crippen LogP contribution is -2.56. The summed E-state index contributed by atoms with van der Waals surface area (Å²) >= 11 is 1.31. The summed E-state index contributed by atoms with van der Waals surface area (Å²) in [5, 5.41) is 23.1. The summed E-state index contributed by atoms with van der Waals surface area (Å²) in [5.74, 6) is -0.462. The molecule has 4 aromatic heterocycles. The molecule has 0 aliphatic carbocycles. The number of anilines is 1. The van der Waals surface area contributed by atoms with Crippen LogP contribution >= 0.6 is 11.3 Å². The Balaban J connectivity index is 1.20. The van der Waals surface area contributed by atoms with Crippen molar-refractivity contribution in [1.82, 2.24) is 29.7 Å². The second-order valence-corrected chi connectivity index (χ2v) is 11.5. The first kappa shape index (κ1) is 24.2. The molecule has 2 unspecified atom stereocenters. The summed E-state index contributed by atoms with van der Waals surface area (Å²) in [5.41, 5.74) is 1.94. The van der Waals surface area contributed by atoms with E-state index in [1.165, 1.54) is 29.8 Å². The van der Waals surface area contributed by atoms with Gasteiger partial charge in [0.2, 0.25) is 5.13 Å². The van der Waals surface area contributed by atoms with Crippen molar-refractivity contribution in [2.75, 3.05) is 18.0 Å². The van der Waals surface area contributed by atoms with E-state index in [4.69, 9.17) is 10.00 Å². The number of ether oxygens (including phenoxy) is 1. The molecule has 2 fully saturated rings. The molecule has 12 heteroatoms. The van der Waals surface area contributed by atoms with E-state index in [0.29, 0.717) is 40.2 Å². The molecule has 10 nitrogen and oxygen atoms in total. The highest BCUT2D eigenvalue weighted by Crippen LogP contribution is 2.37. The van der Waals surface area contributed by atoms with E-state index in [-0.39, 0.29) is 23.7 Å². The molecule has 2 aliphatic heterocycles. The van der Waals surface area contributed by atoms with Crippen molar-refractivity contribution in [3.63, 3.8) is 0 Å². The van der Waals surface area contributed by atoms with Crippen molar-refractivity contribution < 1.29 is 13.9 Å². The van der Waals surface area contributed by atoms with E-state index in [1.807, 2.05) is 31.7 Å². The number of hydrogen-bond donors (Lipinski definition) is 0. The average molecular weight is 533 g/mol. The summed E-state index contributed by atoms with van der Waals surface area (Å²) in [4.78, 5) is 21.2. The molecule has 2 bridgehead atoms. The Morgan fingerprint density at radius 1 is 1.16 bits per heavy atom. The zero-order valence-electron chi connectivity index (χ0n) is 21.1. The van der Waals surface area contributed by atoms with Crippen molar-refractivity contribution in [3.8, 4) is 28.0 Å². The van der Waals surface area contributed by atoms with Crippen LogP contribution in [-0.2, 0) is 4.74 Å². The van der Waals surface area contributed by atoms with E-state index in [9.17, 15) is 4.79 Å². The van der Waals surface area contributed by atoms with Crippen LogP contribution in [0.1, 0.15) is 39.2 Å². The predicted octanol–water partition coefficient (Wildman–Crippen LogP) is 4.51. The maximum Gasteiger partial charge on any atom is 0.410 e. The number of halogens is 1. The topological polar surface area (TPSA) is 113 Å². The van der Waals surface area contributed by atoms with Gasteiger partial charge in [0.25, 0.3) is 0 Å². The first-order valence-electron chi connectivity index (χ1n) is 12.3. The van der Waals surface area contributed by atoms with Crippen molar-refractivity contribution >= 4 is 28.1 Å². The summed E-state index contributed by atoms with van der Waals surface area (Å²) in [6, 6.07) is 8.82. The van der Waals surface area contributed by atoms with Gasteiger partial charge in [0.05, 0.1) is 46.3 Å². The van der Waals surface area contributed by atoms with E-state index >= 15 is 4.39 Å². The van der Waals surface area contributed by atoms with Gasteiger partial charge in [0.1, 0.15) is 17.5 Å². The third-order valence-corrected chi connectivity index (χ3v) is 7.76. The number of nitriles is 1. The van der Waals surface area contributed by atoms with Gasteiger partial charge in [-0.1, -0.05) is 11.3 Å². The van der Waals surface area contributed by atoms with Gasteiger partial charge in [-0.2, -0.15) is 10.4 Å². The number of rotatable bonds is 3. The number of amides is 1. The second-order valence-electron chi connectivity index (χ2n) is 10.5. The molecule has 2 aliphatic rings. The molecule has 38 heavy (non-hydrogen) atoms. The minimum atomic E-state index is -0.540. The van der Waals surface area contributed by atoms with Crippen molar-refractivity contribution in [3.05, 3.63) is 48.0 Å². The molecule has 0 spiro atoms. The highest BCUT2D eigenvalue weighted by Gasteiger charge is 2.45. The fourth-order valence-corrected chi connectivity index (χ4v) is 5.98. The zero-order valence-corrected chi connectivity index (χ0v) is 21.9. The SMILES string of the molecule is CC(C)(C)OC(=O)N1C2CCC1CN(c1nnc(-c3cnc(-c4ccc5cc(C#N)cnn45)cc3F)s1)C2. The highest BCUT2D eigenvalue weighted by molar-refractivity contribution is 7.18. The Hall–Kier alpha value is -4.11. The molecule has 4 aromatic rings. The minimum Gasteiger partial charge on any atom is -0.444 e. The number of carbonyl (C=O) groups excluding carboxylic acids is 1. The first-order chi connectivity index (χ1) is 18.2. The van der Waals surface area contributed by atoms with Crippen molar-refractivity contribution in [2.24, 2.45) is 0 Å². The smallest absolute Gasteiger partial charge is 0.410 e. The minimum absolute atomic E-state index is 0.0448. The molecule has 0 saturated carbocycles. The average Bonchev–Trinajstić information content (AvgIpc) is 3.58. The van der Waals surface area contributed by atoms with Crippen molar-refractivity contribution in [2.45, 2.75) is 51.3 Å². The van der Waals surface area contributed by atoms with Gasteiger partial charge in [-0.25, -0.2) is 13.7 Å². The Morgan fingerprint density at radius 3 is 2.61 bits per heavy atom. The van der Waals surface area contributed by atoms with Gasteiger partial charge < -0.3 is 9.64 Å². The molecule has 0 aromatic carbocycles. The Labute approximate surface area is 222 Å². The molecule has 2 atom stereocenters. The first-order valence-corrected chi connectivity index (χ1v) is 13.2. The van der Waals surface area contributed by atoms with E-state index in [1.54, 1.807) is 16.6 Å². The Bertz CT molecular complexity index is 1570. The standard InChI is InChI=1S/C26H25FN8O2S/c1-26(2,3)37-25(36)34-17-4-5-18(34)14-33(13-17)24-32-31-23(38-24)19-12-29-21(9-20(19)27)22-7-6-16-8-15(10-28)11-30-35(16)22/h6-9,11-12,17-18H,4-5,13-14H2,1-3H3. The van der Waals surface area contributed by atoms with Gasteiger partial charge in [0.15, 0.2) is 5.01 Å². The number of hydrogen-bond acceptors (Lipinski definition) is 9. The van der Waals surface area contributed by atoms with Crippen LogP contribution in [0.3, 0.4) is 0 Å². The van der Waals surface area contributed by atoms with Crippen molar-refractivity contribution in [1.29, 1.82) is 5.26 Å². The third kappa shape index (κ3) is 4.32. The fraction of sp³-hybridized carbons (Fsp3) is 0.385. The lowest BCUT2D eigenvalue weighted by atomic mass is 10.2. The number of carbonyl (C=O) groups is 1. The van der Waals surface area contributed by atoms with Crippen LogP contribution in [-0.4, -0.2) is 66.6 Å². The van der Waals surface area contributed by atoms with E-state index < -0.39 is 11.4 Å². The van der Waals surface area contributed by atoms with Crippen LogP contribution in [0.2, 0.25) is 0 Å². The summed E-state index contributed by atoms with van der Waals surface area (Å²) < 4.78 is 22.5. The van der Waals surface area contributed by atoms with Crippen LogP contribution < -0.4 is 4.90 Å². The maximum absolute atomic E-state index is 15.3. The molecule has 194 valence electrons. The zero-order chi connectivity index (χ0) is 26.6. The lowest BCUT2D eigenvalue weighted by molar-refractivity contribution is 0.0123. The maximum atomic E-state index is 15.3. The van der Waals surface area contributed by atoms with E-state index in [2.05, 4.69) is 31.2 Å². The normalized spacial score (nSPS) is 19.1. The Morgan fingerprint density at radius 2 is 1.92 bits per heavy atom. The molecule has 1 amide bonds. The molecule has 6 heterocycles. The second kappa shape index (κ2) is 9.02. The Kier molecular flexibility index (Phi) is 5.75. The number of fused-ring (bicyclic) bond motifs is 3. The van der Waals surface area contributed by atoms with Crippen LogP contribution in [0.15, 0.2) is 36.7 Å². The molecular weight excluding hydrogens is 507 g/mol. The fourth-order valence-electron chi connectivity index (χ4n) is 5.11. The van der Waals surface area contributed by atoms with Crippen LogP contribution in [0.5, 0.6) is 0 Å². The number of nitrogens with zero attached hydrogens (tertiary/aromatic N) is 8. The summed E-state index contributed by atoms with van der Waals surface area (Å²) in [6.07, 6.45) is 4.47. The summed E-state index contributed by atoms with van der Waals surface area (Å²) in [6.45, 7) is 6.87. The van der Waals surface area contributed by atoms with Crippen LogP contribution in [0.4, 0.5) is 14.3 Å². The molecule has 0 N–H and O–H groups in total. The van der Waals surface area contributed by atoms with Crippen LogP contribution in [0, 0.1) is 17.1 Å². The largest absolute Gasteiger partial charge is 0.444 e. The monoisotopic (exact) mass is 532 g/mol. The number of piperazine rings is 1. The van der Waals surface area contributed by atoms with Gasteiger partial charge in [-0.05, 0) is 51.8 Å². The van der Waals surface area contributed by atoms with Gasteiger partial charge in [0, 0.05) is 25.4 Å². The third-order valence-electron chi connectivity index (χ3n) is 6.75. The lowest BCUT2D eigenvalue weighted by Gasteiger charge is -2.41. The van der Waals surface area contributed by atoms with Gasteiger partial charge in [-0.3, -0.25) is 9.88 Å². The molecule has 2 saturated heterocycles. The number of pyridine rings is 1. The molecule has 0 radical (unpaired) electrons. The number of aromatic nitrogens is 5. The van der Waals surface area contributed by atoms with Gasteiger partial charge in [-0.15, -0.1) is 10.2 Å². The highest BCUT2D eigenvalue weighted by atomic mass is 32.1. The van der Waals surface area contributed by atoms with E-state index in [0.717, 1.165) is 18.4 Å². The van der Waals surface area contributed by atoms with Crippen LogP contribution in [0.25, 0.3) is 27.5 Å². The molecule has 6 rings (SSSR count). The van der Waals surface area contributed by atoms with Gasteiger partial charge >= 0.3 is 6.09 Å². The predicted molar refractivity (Wildman–Crippen MR) is 139 cm³/mol. The quantitative estimate of drug-likeness (QED) is 0.379. The summed E-state index contributed by atoms with van der Waals surface area (Å²) in [7, 11) is 0.